The number of rotatable bonds is 8. The van der Waals surface area contributed by atoms with E-state index in [0.29, 0.717) is 18.0 Å². The summed E-state index contributed by atoms with van der Waals surface area (Å²) in [7, 11) is 0. The molecule has 134 valence electrons. The van der Waals surface area contributed by atoms with Crippen molar-refractivity contribution in [1.82, 2.24) is 5.32 Å². The Balaban J connectivity index is 2.14. The molecule has 2 rings (SSSR count). The van der Waals surface area contributed by atoms with E-state index in [4.69, 9.17) is 0 Å². The second-order valence-electron chi connectivity index (χ2n) is 6.45. The maximum Gasteiger partial charge on any atom is 0.573 e. The number of ketones is 1. The van der Waals surface area contributed by atoms with Gasteiger partial charge in [0.15, 0.2) is 11.6 Å². The zero-order valence-electron chi connectivity index (χ0n) is 13.6. The molecular weight excluding hydrogens is 326 g/mol. The summed E-state index contributed by atoms with van der Waals surface area (Å²) in [4.78, 5) is 12.4. The first kappa shape index (κ1) is 18.7. The van der Waals surface area contributed by atoms with Crippen LogP contribution in [0.4, 0.5) is 17.6 Å². The molecule has 1 N–H and O–H groups in total. The molecule has 1 saturated carbocycles. The third-order valence-electron chi connectivity index (χ3n) is 3.97. The Morgan fingerprint density at radius 1 is 1.33 bits per heavy atom. The minimum atomic E-state index is -4.96. The number of halogens is 4. The van der Waals surface area contributed by atoms with Crippen LogP contribution in [0.25, 0.3) is 0 Å². The van der Waals surface area contributed by atoms with Crippen molar-refractivity contribution in [3.8, 4) is 5.75 Å². The highest BCUT2D eigenvalue weighted by molar-refractivity contribution is 5.87. The Hall–Kier alpha value is -1.63. The molecule has 24 heavy (non-hydrogen) atoms. The lowest BCUT2D eigenvalue weighted by Crippen LogP contribution is -2.30. The summed E-state index contributed by atoms with van der Waals surface area (Å²) in [6.45, 7) is 4.62. The molecule has 0 amide bonds. The van der Waals surface area contributed by atoms with Crippen molar-refractivity contribution >= 4 is 5.78 Å². The summed E-state index contributed by atoms with van der Waals surface area (Å²) in [5.74, 6) is -2.34. The fourth-order valence-corrected chi connectivity index (χ4v) is 2.48. The van der Waals surface area contributed by atoms with Gasteiger partial charge in [0.05, 0.1) is 5.92 Å². The Morgan fingerprint density at radius 2 is 2.00 bits per heavy atom. The average molecular weight is 347 g/mol. The van der Waals surface area contributed by atoms with E-state index in [-0.39, 0.29) is 11.7 Å². The second-order valence-corrected chi connectivity index (χ2v) is 6.45. The lowest BCUT2D eigenvalue weighted by atomic mass is 9.88. The Morgan fingerprint density at radius 3 is 2.50 bits per heavy atom. The molecule has 0 aromatic heterocycles. The van der Waals surface area contributed by atoms with Gasteiger partial charge < -0.3 is 10.1 Å². The molecule has 1 atom stereocenters. The van der Waals surface area contributed by atoms with Gasteiger partial charge in [-0.1, -0.05) is 19.9 Å². The van der Waals surface area contributed by atoms with E-state index < -0.39 is 23.8 Å². The molecule has 0 unspecified atom stereocenters. The third-order valence-corrected chi connectivity index (χ3v) is 3.97. The molecule has 1 fully saturated rings. The van der Waals surface area contributed by atoms with Crippen molar-refractivity contribution in [1.29, 1.82) is 0 Å². The monoisotopic (exact) mass is 347 g/mol. The molecule has 0 radical (unpaired) electrons. The average Bonchev–Trinajstić information content (AvgIpc) is 3.28. The molecule has 0 heterocycles. The van der Waals surface area contributed by atoms with Crippen LogP contribution in [0.1, 0.15) is 38.2 Å². The minimum Gasteiger partial charge on any atom is -0.403 e. The van der Waals surface area contributed by atoms with Gasteiger partial charge in [-0.15, -0.1) is 13.2 Å². The van der Waals surface area contributed by atoms with Crippen LogP contribution >= 0.6 is 0 Å². The van der Waals surface area contributed by atoms with E-state index in [1.54, 1.807) is 13.8 Å². The Kier molecular flexibility index (Phi) is 5.85. The SMILES string of the molecule is CC(C)C(=O)[C@H](CNCC1CC1)c1ccc(OC(F)(F)F)c(F)c1. The predicted molar refractivity (Wildman–Crippen MR) is 81.3 cm³/mol. The van der Waals surface area contributed by atoms with Crippen LogP contribution in [0, 0.1) is 17.7 Å². The maximum atomic E-state index is 13.9. The van der Waals surface area contributed by atoms with E-state index in [9.17, 15) is 22.4 Å². The van der Waals surface area contributed by atoms with E-state index in [0.717, 1.165) is 31.5 Å². The third kappa shape index (κ3) is 5.47. The molecular formula is C17H21F4NO2. The molecule has 0 spiro atoms. The summed E-state index contributed by atoms with van der Waals surface area (Å²) in [6.07, 6.45) is -2.64. The highest BCUT2D eigenvalue weighted by Gasteiger charge is 2.33. The highest BCUT2D eigenvalue weighted by atomic mass is 19.4. The standard InChI is InChI=1S/C17H21F4NO2/c1-10(2)16(23)13(9-22-8-11-3-4-11)12-5-6-15(14(18)7-12)24-17(19,20)21/h5-7,10-11,13,22H,3-4,8-9H2,1-2H3/t13-/m1/s1. The fraction of sp³-hybridized carbons (Fsp3) is 0.588. The molecule has 1 aromatic rings. The zero-order chi connectivity index (χ0) is 17.9. The van der Waals surface area contributed by atoms with Gasteiger partial charge in [-0.05, 0) is 43.0 Å². The topological polar surface area (TPSA) is 38.3 Å². The van der Waals surface area contributed by atoms with Crippen LogP contribution in [0.15, 0.2) is 18.2 Å². The summed E-state index contributed by atoms with van der Waals surface area (Å²) in [6, 6.07) is 3.18. The normalized spacial score (nSPS) is 16.3. The Labute approximate surface area is 138 Å². The summed E-state index contributed by atoms with van der Waals surface area (Å²) < 4.78 is 54.2. The van der Waals surface area contributed by atoms with Crippen LogP contribution < -0.4 is 10.1 Å². The van der Waals surface area contributed by atoms with Crippen molar-refractivity contribution in [3.63, 3.8) is 0 Å². The minimum absolute atomic E-state index is 0.0813. The maximum absolute atomic E-state index is 13.9. The van der Waals surface area contributed by atoms with E-state index >= 15 is 0 Å². The van der Waals surface area contributed by atoms with Gasteiger partial charge in [0, 0.05) is 12.5 Å². The number of nitrogens with one attached hydrogen (secondary N) is 1. The van der Waals surface area contributed by atoms with E-state index in [1.165, 1.54) is 6.07 Å². The van der Waals surface area contributed by atoms with Crippen LogP contribution in [-0.4, -0.2) is 25.2 Å². The number of benzene rings is 1. The fourth-order valence-electron chi connectivity index (χ4n) is 2.48. The molecule has 1 aliphatic carbocycles. The number of hydrogen-bond donors (Lipinski definition) is 1. The summed E-state index contributed by atoms with van der Waals surface area (Å²) >= 11 is 0. The van der Waals surface area contributed by atoms with Crippen LogP contribution in [0.2, 0.25) is 0 Å². The number of ether oxygens (including phenoxy) is 1. The first-order valence-corrected chi connectivity index (χ1v) is 7.97. The van der Waals surface area contributed by atoms with Crippen LogP contribution in [0.5, 0.6) is 5.75 Å². The first-order valence-electron chi connectivity index (χ1n) is 7.97. The number of carbonyl (C=O) groups is 1. The lowest BCUT2D eigenvalue weighted by molar-refractivity contribution is -0.275. The van der Waals surface area contributed by atoms with Crippen LogP contribution in [-0.2, 0) is 4.79 Å². The first-order chi connectivity index (χ1) is 11.2. The lowest BCUT2D eigenvalue weighted by Gasteiger charge is -2.20. The van der Waals surface area contributed by atoms with Crippen LogP contribution in [0.3, 0.4) is 0 Å². The summed E-state index contributed by atoms with van der Waals surface area (Å²) in [5, 5.41) is 3.20. The molecule has 3 nitrogen and oxygen atoms in total. The largest absolute Gasteiger partial charge is 0.573 e. The number of carbonyl (C=O) groups excluding carboxylic acids is 1. The molecule has 0 saturated heterocycles. The molecule has 1 aromatic carbocycles. The molecule has 7 heteroatoms. The van der Waals surface area contributed by atoms with E-state index in [1.807, 2.05) is 0 Å². The van der Waals surface area contributed by atoms with Gasteiger partial charge in [-0.2, -0.15) is 0 Å². The van der Waals surface area contributed by atoms with Crippen molar-refractivity contribution < 1.29 is 27.1 Å². The van der Waals surface area contributed by atoms with Gasteiger partial charge in [0.2, 0.25) is 0 Å². The number of Topliss-reactive ketones (excluding diaryl/α,β-unsaturated/α-hetero) is 1. The van der Waals surface area contributed by atoms with Crippen molar-refractivity contribution in [2.75, 3.05) is 13.1 Å². The van der Waals surface area contributed by atoms with Gasteiger partial charge >= 0.3 is 6.36 Å². The molecule has 0 bridgehead atoms. The van der Waals surface area contributed by atoms with Gasteiger partial charge in [0.25, 0.3) is 0 Å². The number of alkyl halides is 3. The van der Waals surface area contributed by atoms with Crippen molar-refractivity contribution in [2.45, 2.75) is 39.0 Å². The van der Waals surface area contributed by atoms with Gasteiger partial charge in [-0.25, -0.2) is 4.39 Å². The quantitative estimate of drug-likeness (QED) is 0.722. The van der Waals surface area contributed by atoms with E-state index in [2.05, 4.69) is 10.1 Å². The second kappa shape index (κ2) is 7.51. The molecule has 1 aliphatic rings. The zero-order valence-corrected chi connectivity index (χ0v) is 13.6. The Bertz CT molecular complexity index is 582. The summed E-state index contributed by atoms with van der Waals surface area (Å²) in [5.41, 5.74) is 0.351. The molecule has 0 aliphatic heterocycles. The highest BCUT2D eigenvalue weighted by Crippen LogP contribution is 2.30. The van der Waals surface area contributed by atoms with Gasteiger partial charge in [0.1, 0.15) is 5.78 Å². The number of hydrogen-bond acceptors (Lipinski definition) is 3. The smallest absolute Gasteiger partial charge is 0.403 e. The predicted octanol–water partition coefficient (Wildman–Crippen LogP) is 4.03. The van der Waals surface area contributed by atoms with Gasteiger partial charge in [-0.3, -0.25) is 4.79 Å². The van der Waals surface area contributed by atoms with Crippen molar-refractivity contribution in [2.24, 2.45) is 11.8 Å². The van der Waals surface area contributed by atoms with Crippen molar-refractivity contribution in [3.05, 3.63) is 29.6 Å².